The minimum absolute atomic E-state index is 0.266. The molecule has 0 saturated heterocycles. The van der Waals surface area contributed by atoms with Gasteiger partial charge in [0.1, 0.15) is 11.9 Å². The Balaban J connectivity index is 1.94. The zero-order chi connectivity index (χ0) is 18.4. The van der Waals surface area contributed by atoms with Gasteiger partial charge in [-0.05, 0) is 30.7 Å². The number of benzene rings is 1. The lowest BCUT2D eigenvalue weighted by molar-refractivity contribution is -0.140. The summed E-state index contributed by atoms with van der Waals surface area (Å²) in [6.45, 7) is 1.43. The Morgan fingerprint density at radius 3 is 2.62 bits per heavy atom. The molecular formula is C18H13FN4O3. The van der Waals surface area contributed by atoms with Crippen LogP contribution in [0.1, 0.15) is 13.0 Å². The fraction of sp³-hybridized carbons (Fsp3) is 0.111. The van der Waals surface area contributed by atoms with Crippen molar-refractivity contribution >= 4 is 22.5 Å². The summed E-state index contributed by atoms with van der Waals surface area (Å²) in [6, 6.07) is 6.61. The SMILES string of the molecule is C[C@H](C(=O)O)n1ccc2c(cnc3c(-c4ccc(F)cc4)cnn32)c1=O. The van der Waals surface area contributed by atoms with Crippen molar-refractivity contribution in [2.24, 2.45) is 0 Å². The third-order valence-electron chi connectivity index (χ3n) is 4.35. The predicted molar refractivity (Wildman–Crippen MR) is 92.5 cm³/mol. The molecule has 4 aromatic rings. The van der Waals surface area contributed by atoms with E-state index >= 15 is 0 Å². The number of halogens is 1. The van der Waals surface area contributed by atoms with E-state index in [1.807, 2.05) is 0 Å². The average Bonchev–Trinajstić information content (AvgIpc) is 3.06. The number of hydrogen-bond acceptors (Lipinski definition) is 4. The van der Waals surface area contributed by atoms with E-state index < -0.39 is 17.6 Å². The van der Waals surface area contributed by atoms with Gasteiger partial charge in [0.25, 0.3) is 5.56 Å². The molecule has 130 valence electrons. The molecule has 1 aromatic carbocycles. The second-order valence-corrected chi connectivity index (χ2v) is 5.90. The number of nitrogens with zero attached hydrogens (tertiary/aromatic N) is 4. The standard InChI is InChI=1S/C18H13FN4O3/c1-10(18(25)26)22-7-6-15-14(17(22)24)8-20-16-13(9-21-23(15)16)11-2-4-12(19)5-3-11/h2-10H,1H3,(H,25,26)/t10-/m1/s1. The zero-order valence-corrected chi connectivity index (χ0v) is 13.6. The van der Waals surface area contributed by atoms with Crippen LogP contribution in [0.5, 0.6) is 0 Å². The molecule has 26 heavy (non-hydrogen) atoms. The highest BCUT2D eigenvalue weighted by atomic mass is 19.1. The molecule has 0 amide bonds. The fourth-order valence-electron chi connectivity index (χ4n) is 2.89. The molecule has 0 bridgehead atoms. The first kappa shape index (κ1) is 15.9. The molecule has 0 fully saturated rings. The maximum Gasteiger partial charge on any atom is 0.326 e. The maximum absolute atomic E-state index is 13.1. The van der Waals surface area contributed by atoms with Crippen LogP contribution in [0.25, 0.3) is 27.7 Å². The van der Waals surface area contributed by atoms with E-state index in [-0.39, 0.29) is 11.2 Å². The number of aromatic nitrogens is 4. The normalized spacial score (nSPS) is 12.5. The number of carboxylic acid groups (broad SMARTS) is 1. The van der Waals surface area contributed by atoms with E-state index in [1.54, 1.807) is 24.4 Å². The highest BCUT2D eigenvalue weighted by molar-refractivity contribution is 5.85. The maximum atomic E-state index is 13.1. The predicted octanol–water partition coefficient (Wildman–Crippen LogP) is 2.50. The number of hydrogen-bond donors (Lipinski definition) is 1. The molecule has 0 aliphatic carbocycles. The van der Waals surface area contributed by atoms with Gasteiger partial charge in [-0.3, -0.25) is 4.79 Å². The largest absolute Gasteiger partial charge is 0.480 e. The summed E-state index contributed by atoms with van der Waals surface area (Å²) in [6.07, 6.45) is 4.44. The number of rotatable bonds is 3. The van der Waals surface area contributed by atoms with Crippen LogP contribution in [0.4, 0.5) is 4.39 Å². The summed E-state index contributed by atoms with van der Waals surface area (Å²) in [5.41, 5.74) is 2.04. The van der Waals surface area contributed by atoms with Gasteiger partial charge >= 0.3 is 5.97 Å². The van der Waals surface area contributed by atoms with Crippen molar-refractivity contribution in [2.75, 3.05) is 0 Å². The molecule has 0 unspecified atom stereocenters. The van der Waals surface area contributed by atoms with Crippen molar-refractivity contribution < 1.29 is 14.3 Å². The van der Waals surface area contributed by atoms with Gasteiger partial charge in [-0.1, -0.05) is 12.1 Å². The third-order valence-corrected chi connectivity index (χ3v) is 4.35. The van der Waals surface area contributed by atoms with Gasteiger partial charge in [0.05, 0.1) is 17.1 Å². The smallest absolute Gasteiger partial charge is 0.326 e. The van der Waals surface area contributed by atoms with Crippen molar-refractivity contribution in [3.05, 3.63) is 65.1 Å². The van der Waals surface area contributed by atoms with E-state index in [4.69, 9.17) is 5.11 Å². The summed E-state index contributed by atoms with van der Waals surface area (Å²) < 4.78 is 15.8. The van der Waals surface area contributed by atoms with E-state index in [0.717, 1.165) is 10.1 Å². The van der Waals surface area contributed by atoms with E-state index in [2.05, 4.69) is 10.1 Å². The van der Waals surface area contributed by atoms with E-state index in [9.17, 15) is 14.0 Å². The number of carbonyl (C=O) groups is 1. The van der Waals surface area contributed by atoms with Crippen LogP contribution in [0.15, 0.2) is 53.7 Å². The highest BCUT2D eigenvalue weighted by Crippen LogP contribution is 2.25. The van der Waals surface area contributed by atoms with Crippen LogP contribution < -0.4 is 5.56 Å². The lowest BCUT2D eigenvalue weighted by Crippen LogP contribution is -2.27. The topological polar surface area (TPSA) is 89.5 Å². The summed E-state index contributed by atoms with van der Waals surface area (Å²) >= 11 is 0. The van der Waals surface area contributed by atoms with Crippen molar-refractivity contribution in [1.29, 1.82) is 0 Å². The Labute approximate surface area is 146 Å². The molecule has 8 heteroatoms. The second kappa shape index (κ2) is 5.76. The van der Waals surface area contributed by atoms with Crippen LogP contribution in [0, 0.1) is 5.82 Å². The first-order valence-electron chi connectivity index (χ1n) is 7.83. The molecule has 4 rings (SSSR count). The minimum Gasteiger partial charge on any atom is -0.480 e. The average molecular weight is 352 g/mol. The van der Waals surface area contributed by atoms with Crippen LogP contribution in [0.2, 0.25) is 0 Å². The van der Waals surface area contributed by atoms with Gasteiger partial charge in [0, 0.05) is 18.0 Å². The Hall–Kier alpha value is -3.55. The first-order valence-corrected chi connectivity index (χ1v) is 7.83. The Morgan fingerprint density at radius 1 is 1.19 bits per heavy atom. The second-order valence-electron chi connectivity index (χ2n) is 5.90. The van der Waals surface area contributed by atoms with Crippen LogP contribution in [0.3, 0.4) is 0 Å². The Kier molecular flexibility index (Phi) is 3.54. The van der Waals surface area contributed by atoms with Crippen LogP contribution >= 0.6 is 0 Å². The number of fused-ring (bicyclic) bond motifs is 3. The quantitative estimate of drug-likeness (QED) is 0.612. The molecule has 7 nitrogen and oxygen atoms in total. The molecule has 3 heterocycles. The van der Waals surface area contributed by atoms with E-state index in [0.29, 0.717) is 16.7 Å². The van der Waals surface area contributed by atoms with Crippen molar-refractivity contribution in [2.45, 2.75) is 13.0 Å². The van der Waals surface area contributed by atoms with Crippen molar-refractivity contribution in [3.63, 3.8) is 0 Å². The lowest BCUT2D eigenvalue weighted by Gasteiger charge is -2.11. The van der Waals surface area contributed by atoms with Crippen LogP contribution in [-0.4, -0.2) is 30.2 Å². The molecular weight excluding hydrogens is 339 g/mol. The van der Waals surface area contributed by atoms with Gasteiger partial charge in [-0.2, -0.15) is 5.10 Å². The Bertz CT molecular complexity index is 1210. The van der Waals surface area contributed by atoms with Crippen molar-refractivity contribution in [1.82, 2.24) is 19.2 Å². The van der Waals surface area contributed by atoms with Gasteiger partial charge < -0.3 is 9.67 Å². The van der Waals surface area contributed by atoms with E-state index in [1.165, 1.54) is 36.0 Å². The molecule has 0 aliphatic heterocycles. The fourth-order valence-corrected chi connectivity index (χ4v) is 2.89. The molecule has 1 atom stereocenters. The highest BCUT2D eigenvalue weighted by Gasteiger charge is 2.18. The molecule has 0 spiro atoms. The molecule has 0 radical (unpaired) electrons. The lowest BCUT2D eigenvalue weighted by atomic mass is 10.1. The Morgan fingerprint density at radius 2 is 1.92 bits per heavy atom. The van der Waals surface area contributed by atoms with Gasteiger partial charge in [-0.15, -0.1) is 0 Å². The van der Waals surface area contributed by atoms with Gasteiger partial charge in [-0.25, -0.2) is 18.7 Å². The molecule has 3 aromatic heterocycles. The number of carboxylic acids is 1. The van der Waals surface area contributed by atoms with Gasteiger partial charge in [0.2, 0.25) is 0 Å². The number of pyridine rings is 1. The summed E-state index contributed by atoms with van der Waals surface area (Å²) in [5, 5.41) is 13.7. The van der Waals surface area contributed by atoms with Crippen molar-refractivity contribution in [3.8, 4) is 11.1 Å². The summed E-state index contributed by atoms with van der Waals surface area (Å²) in [5.74, 6) is -1.44. The molecule has 0 aliphatic rings. The minimum atomic E-state index is -1.10. The van der Waals surface area contributed by atoms with Gasteiger partial charge in [0.15, 0.2) is 5.65 Å². The summed E-state index contributed by atoms with van der Waals surface area (Å²) in [4.78, 5) is 28.1. The number of aliphatic carboxylic acids is 1. The first-order chi connectivity index (χ1) is 12.5. The molecule has 0 saturated carbocycles. The monoisotopic (exact) mass is 352 g/mol. The van der Waals surface area contributed by atoms with Crippen LogP contribution in [-0.2, 0) is 4.79 Å². The third kappa shape index (κ3) is 2.34. The summed E-state index contributed by atoms with van der Waals surface area (Å²) in [7, 11) is 0. The molecule has 1 N–H and O–H groups in total. The zero-order valence-electron chi connectivity index (χ0n) is 13.6.